The normalized spacial score (nSPS) is 11.8. The number of aliphatic hydroxyl groups is 1. The van der Waals surface area contributed by atoms with Crippen molar-refractivity contribution in [1.29, 1.82) is 0 Å². The fourth-order valence-electron chi connectivity index (χ4n) is 2.41. The van der Waals surface area contributed by atoms with Gasteiger partial charge in [-0.25, -0.2) is 4.98 Å². The summed E-state index contributed by atoms with van der Waals surface area (Å²) in [6.45, 7) is 0.188. The Labute approximate surface area is 126 Å². The molecule has 0 unspecified atom stereocenters. The van der Waals surface area contributed by atoms with Crippen molar-refractivity contribution in [3.05, 3.63) is 30.0 Å². The smallest absolute Gasteiger partial charge is 0.395 e. The molecule has 0 amide bonds. The van der Waals surface area contributed by atoms with Crippen molar-refractivity contribution in [2.75, 3.05) is 44.1 Å². The number of alkyl halides is 3. The van der Waals surface area contributed by atoms with E-state index in [4.69, 9.17) is 5.11 Å². The van der Waals surface area contributed by atoms with E-state index < -0.39 is 11.7 Å². The lowest BCUT2D eigenvalue weighted by Gasteiger charge is -2.24. The molecule has 1 aromatic heterocycles. The number of pyridine rings is 1. The average molecular weight is 313 g/mol. The van der Waals surface area contributed by atoms with Crippen LogP contribution in [0.3, 0.4) is 0 Å². The van der Waals surface area contributed by atoms with Crippen molar-refractivity contribution in [3.8, 4) is 0 Å². The second kappa shape index (κ2) is 6.00. The SMILES string of the molecule is CN(C)c1cnc(N(C)CCO)c2cccc(C(F)(F)F)c12. The highest BCUT2D eigenvalue weighted by Gasteiger charge is 2.34. The van der Waals surface area contributed by atoms with Crippen LogP contribution < -0.4 is 9.80 Å². The summed E-state index contributed by atoms with van der Waals surface area (Å²) in [7, 11) is 5.05. The van der Waals surface area contributed by atoms with Gasteiger partial charge in [0.25, 0.3) is 0 Å². The molecule has 0 saturated carbocycles. The van der Waals surface area contributed by atoms with E-state index in [2.05, 4.69) is 4.98 Å². The van der Waals surface area contributed by atoms with Gasteiger partial charge in [0.05, 0.1) is 24.1 Å². The second-order valence-electron chi connectivity index (χ2n) is 5.23. The average Bonchev–Trinajstić information content (AvgIpc) is 2.44. The number of benzene rings is 1. The standard InChI is InChI=1S/C15H18F3N3O/c1-20(2)12-9-19-14(21(3)7-8-22)10-5-4-6-11(13(10)12)15(16,17)18/h4-6,9,22H,7-8H2,1-3H3. The lowest BCUT2D eigenvalue weighted by molar-refractivity contribution is -0.136. The Balaban J connectivity index is 2.82. The van der Waals surface area contributed by atoms with E-state index in [9.17, 15) is 13.2 Å². The maximum Gasteiger partial charge on any atom is 0.417 e. The molecule has 0 saturated heterocycles. The minimum atomic E-state index is -4.45. The highest BCUT2D eigenvalue weighted by molar-refractivity contribution is 6.02. The quantitative estimate of drug-likeness (QED) is 0.942. The Morgan fingerprint density at radius 1 is 1.18 bits per heavy atom. The molecule has 1 N–H and O–H groups in total. The molecule has 0 bridgehead atoms. The maximum atomic E-state index is 13.3. The minimum Gasteiger partial charge on any atom is -0.395 e. The van der Waals surface area contributed by atoms with Crippen molar-refractivity contribution in [2.24, 2.45) is 0 Å². The highest BCUT2D eigenvalue weighted by atomic mass is 19.4. The number of rotatable bonds is 4. The Hall–Kier alpha value is -2.02. The summed E-state index contributed by atoms with van der Waals surface area (Å²) in [5.74, 6) is 0.417. The molecule has 0 spiro atoms. The van der Waals surface area contributed by atoms with E-state index in [-0.39, 0.29) is 12.0 Å². The fraction of sp³-hybridized carbons (Fsp3) is 0.400. The largest absolute Gasteiger partial charge is 0.417 e. The number of likely N-dealkylation sites (N-methyl/N-ethyl adjacent to an activating group) is 1. The first-order valence-electron chi connectivity index (χ1n) is 6.75. The summed E-state index contributed by atoms with van der Waals surface area (Å²) in [6, 6.07) is 4.07. The van der Waals surface area contributed by atoms with Crippen LogP contribution in [0.15, 0.2) is 24.4 Å². The molecule has 0 atom stereocenters. The first-order valence-corrected chi connectivity index (χ1v) is 6.75. The van der Waals surface area contributed by atoms with Gasteiger partial charge in [-0.2, -0.15) is 13.2 Å². The van der Waals surface area contributed by atoms with E-state index in [0.29, 0.717) is 23.4 Å². The van der Waals surface area contributed by atoms with Crippen LogP contribution in [0.25, 0.3) is 10.8 Å². The highest BCUT2D eigenvalue weighted by Crippen LogP contribution is 2.41. The van der Waals surface area contributed by atoms with E-state index in [1.807, 2.05) is 0 Å². The summed E-state index contributed by atoms with van der Waals surface area (Å²) in [6.07, 6.45) is -3.01. The molecular formula is C15H18F3N3O. The molecule has 1 heterocycles. The van der Waals surface area contributed by atoms with Gasteiger partial charge >= 0.3 is 6.18 Å². The molecule has 2 rings (SSSR count). The molecule has 2 aromatic rings. The van der Waals surface area contributed by atoms with Gasteiger partial charge in [0.1, 0.15) is 5.82 Å². The van der Waals surface area contributed by atoms with Crippen LogP contribution >= 0.6 is 0 Å². The number of fused-ring (bicyclic) bond motifs is 1. The Bertz CT molecular complexity index is 671. The number of aromatic nitrogens is 1. The van der Waals surface area contributed by atoms with Crippen LogP contribution in [0.4, 0.5) is 24.7 Å². The zero-order valence-electron chi connectivity index (χ0n) is 12.6. The lowest BCUT2D eigenvalue weighted by Crippen LogP contribution is -2.23. The molecular weight excluding hydrogens is 295 g/mol. The van der Waals surface area contributed by atoms with Gasteiger partial charge in [0.2, 0.25) is 0 Å². The third-order valence-corrected chi connectivity index (χ3v) is 3.45. The molecule has 1 aromatic carbocycles. The number of aliphatic hydroxyl groups excluding tert-OH is 1. The van der Waals surface area contributed by atoms with Crippen LogP contribution in [-0.4, -0.2) is 44.4 Å². The Morgan fingerprint density at radius 3 is 2.41 bits per heavy atom. The molecule has 0 aliphatic heterocycles. The summed E-state index contributed by atoms with van der Waals surface area (Å²) < 4.78 is 40.0. The first-order chi connectivity index (χ1) is 10.3. The molecule has 0 aliphatic rings. The summed E-state index contributed by atoms with van der Waals surface area (Å²) in [5, 5.41) is 9.57. The van der Waals surface area contributed by atoms with E-state index >= 15 is 0 Å². The third-order valence-electron chi connectivity index (χ3n) is 3.45. The monoisotopic (exact) mass is 313 g/mol. The van der Waals surface area contributed by atoms with Crippen molar-refractivity contribution >= 4 is 22.3 Å². The molecule has 0 radical (unpaired) electrons. The summed E-state index contributed by atoms with van der Waals surface area (Å²) in [5.41, 5.74) is -0.279. The van der Waals surface area contributed by atoms with Gasteiger partial charge in [0, 0.05) is 38.5 Å². The number of anilines is 2. The summed E-state index contributed by atoms with van der Waals surface area (Å²) >= 11 is 0. The molecule has 4 nitrogen and oxygen atoms in total. The van der Waals surface area contributed by atoms with Crippen LogP contribution in [0.5, 0.6) is 0 Å². The van der Waals surface area contributed by atoms with Gasteiger partial charge in [-0.15, -0.1) is 0 Å². The predicted octanol–water partition coefficient (Wildman–Crippen LogP) is 2.75. The zero-order chi connectivity index (χ0) is 16.5. The van der Waals surface area contributed by atoms with E-state index in [1.165, 1.54) is 12.3 Å². The molecule has 0 aliphatic carbocycles. The van der Waals surface area contributed by atoms with Crippen LogP contribution in [-0.2, 0) is 6.18 Å². The van der Waals surface area contributed by atoms with E-state index in [0.717, 1.165) is 6.07 Å². The van der Waals surface area contributed by atoms with Gasteiger partial charge in [-0.05, 0) is 6.07 Å². The number of nitrogens with zero attached hydrogens (tertiary/aromatic N) is 3. The molecule has 120 valence electrons. The van der Waals surface area contributed by atoms with Crippen LogP contribution in [0.2, 0.25) is 0 Å². The first kappa shape index (κ1) is 16.4. The number of halogens is 3. The number of hydrogen-bond donors (Lipinski definition) is 1. The topological polar surface area (TPSA) is 39.6 Å². The lowest BCUT2D eigenvalue weighted by atomic mass is 10.0. The van der Waals surface area contributed by atoms with Gasteiger partial charge < -0.3 is 14.9 Å². The summed E-state index contributed by atoms with van der Waals surface area (Å²) in [4.78, 5) is 7.53. The maximum absolute atomic E-state index is 13.3. The van der Waals surface area contributed by atoms with Crippen molar-refractivity contribution in [1.82, 2.24) is 4.98 Å². The van der Waals surface area contributed by atoms with Crippen molar-refractivity contribution in [2.45, 2.75) is 6.18 Å². The van der Waals surface area contributed by atoms with Crippen LogP contribution in [0.1, 0.15) is 5.56 Å². The molecule has 0 fully saturated rings. The zero-order valence-corrected chi connectivity index (χ0v) is 12.6. The predicted molar refractivity (Wildman–Crippen MR) is 81.4 cm³/mol. The molecule has 7 heteroatoms. The number of hydrogen-bond acceptors (Lipinski definition) is 4. The fourth-order valence-corrected chi connectivity index (χ4v) is 2.41. The van der Waals surface area contributed by atoms with Gasteiger partial charge in [-0.3, -0.25) is 0 Å². The van der Waals surface area contributed by atoms with Crippen molar-refractivity contribution < 1.29 is 18.3 Å². The van der Waals surface area contributed by atoms with E-state index in [1.54, 1.807) is 37.0 Å². The van der Waals surface area contributed by atoms with Gasteiger partial charge in [0.15, 0.2) is 0 Å². The van der Waals surface area contributed by atoms with Crippen molar-refractivity contribution in [3.63, 3.8) is 0 Å². The minimum absolute atomic E-state index is 0.103. The molecule has 22 heavy (non-hydrogen) atoms. The van der Waals surface area contributed by atoms with Crippen LogP contribution in [0, 0.1) is 0 Å². The second-order valence-corrected chi connectivity index (χ2v) is 5.23. The Morgan fingerprint density at radius 2 is 1.86 bits per heavy atom. The van der Waals surface area contributed by atoms with Gasteiger partial charge in [-0.1, -0.05) is 12.1 Å². The Kier molecular flexibility index (Phi) is 4.46. The third kappa shape index (κ3) is 2.94.